The van der Waals surface area contributed by atoms with E-state index >= 15 is 0 Å². The molecule has 1 N–H and O–H groups in total. The van der Waals surface area contributed by atoms with Gasteiger partial charge in [-0.2, -0.15) is 0 Å². The Kier molecular flexibility index (Phi) is 2.63. The van der Waals surface area contributed by atoms with E-state index in [9.17, 15) is 9.59 Å². The molecule has 2 amide bonds. The maximum absolute atomic E-state index is 12.0. The van der Waals surface area contributed by atoms with Gasteiger partial charge in [-0.05, 0) is 5.56 Å². The molecule has 2 aliphatic heterocycles. The second kappa shape index (κ2) is 4.17. The summed E-state index contributed by atoms with van der Waals surface area (Å²) in [5.41, 5.74) is 2.50. The summed E-state index contributed by atoms with van der Waals surface area (Å²) in [6.45, 7) is 0. The Balaban J connectivity index is 2.10. The van der Waals surface area contributed by atoms with Crippen molar-refractivity contribution in [3.05, 3.63) is 47.2 Å². The third-order valence-electron chi connectivity index (χ3n) is 3.27. The minimum atomic E-state index is -0.313. The Hall–Kier alpha value is -1.75. The smallest absolute Gasteiger partial charge is 0.322 e. The Morgan fingerprint density at radius 1 is 1.28 bits per heavy atom. The SMILES string of the molecule is CN1C(=O)N[C@H](c2ccccc2)C2=C1CSC2=O. The van der Waals surface area contributed by atoms with Crippen LogP contribution >= 0.6 is 11.8 Å². The van der Waals surface area contributed by atoms with Gasteiger partial charge >= 0.3 is 6.03 Å². The summed E-state index contributed by atoms with van der Waals surface area (Å²) < 4.78 is 0. The number of thioether (sulfide) groups is 1. The molecule has 92 valence electrons. The number of amides is 2. The van der Waals surface area contributed by atoms with Crippen LogP contribution in [-0.4, -0.2) is 28.8 Å². The summed E-state index contributed by atoms with van der Waals surface area (Å²) in [4.78, 5) is 25.4. The highest BCUT2D eigenvalue weighted by molar-refractivity contribution is 8.14. The van der Waals surface area contributed by atoms with Gasteiger partial charge in [-0.25, -0.2) is 4.79 Å². The molecule has 0 spiro atoms. The number of carbonyl (C=O) groups is 2. The van der Waals surface area contributed by atoms with Crippen LogP contribution in [0.5, 0.6) is 0 Å². The van der Waals surface area contributed by atoms with Crippen LogP contribution < -0.4 is 5.32 Å². The molecular formula is C13H12N2O2S. The summed E-state index contributed by atoms with van der Waals surface area (Å²) in [5.74, 6) is 0.585. The molecule has 4 nitrogen and oxygen atoms in total. The van der Waals surface area contributed by atoms with Crippen LogP contribution in [0.25, 0.3) is 0 Å². The highest BCUT2D eigenvalue weighted by Gasteiger charge is 2.39. The van der Waals surface area contributed by atoms with Gasteiger partial charge in [0.2, 0.25) is 5.12 Å². The maximum Gasteiger partial charge on any atom is 0.322 e. The van der Waals surface area contributed by atoms with Crippen molar-refractivity contribution in [1.82, 2.24) is 10.2 Å². The van der Waals surface area contributed by atoms with Gasteiger partial charge in [0.1, 0.15) is 0 Å². The van der Waals surface area contributed by atoms with Crippen molar-refractivity contribution in [2.45, 2.75) is 6.04 Å². The average molecular weight is 260 g/mol. The Morgan fingerprint density at radius 2 is 2.00 bits per heavy atom. The Morgan fingerprint density at radius 3 is 2.72 bits per heavy atom. The van der Waals surface area contributed by atoms with Crippen molar-refractivity contribution in [3.63, 3.8) is 0 Å². The van der Waals surface area contributed by atoms with E-state index in [-0.39, 0.29) is 17.2 Å². The van der Waals surface area contributed by atoms with E-state index < -0.39 is 0 Å². The highest BCUT2D eigenvalue weighted by Crippen LogP contribution is 2.39. The monoisotopic (exact) mass is 260 g/mol. The molecule has 2 heterocycles. The minimum absolute atomic E-state index is 0.0608. The molecule has 0 radical (unpaired) electrons. The van der Waals surface area contributed by atoms with Gasteiger partial charge in [-0.1, -0.05) is 42.1 Å². The van der Waals surface area contributed by atoms with Gasteiger partial charge in [0.25, 0.3) is 0 Å². The van der Waals surface area contributed by atoms with Gasteiger partial charge in [0.05, 0.1) is 11.6 Å². The quantitative estimate of drug-likeness (QED) is 0.839. The van der Waals surface area contributed by atoms with E-state index in [0.29, 0.717) is 11.3 Å². The molecule has 3 rings (SSSR count). The van der Waals surface area contributed by atoms with Gasteiger partial charge in [0, 0.05) is 18.5 Å². The van der Waals surface area contributed by atoms with E-state index in [1.54, 1.807) is 7.05 Å². The van der Waals surface area contributed by atoms with E-state index in [1.807, 2.05) is 30.3 Å². The van der Waals surface area contributed by atoms with Crippen LogP contribution in [0.2, 0.25) is 0 Å². The van der Waals surface area contributed by atoms with Gasteiger partial charge < -0.3 is 5.32 Å². The maximum atomic E-state index is 12.0. The number of hydrogen-bond acceptors (Lipinski definition) is 3. The molecule has 5 heteroatoms. The third kappa shape index (κ3) is 1.62. The zero-order valence-electron chi connectivity index (χ0n) is 9.84. The molecule has 0 unspecified atom stereocenters. The van der Waals surface area contributed by atoms with Gasteiger partial charge in [-0.3, -0.25) is 9.69 Å². The molecular weight excluding hydrogens is 248 g/mol. The van der Waals surface area contributed by atoms with Crippen molar-refractivity contribution in [3.8, 4) is 0 Å². The van der Waals surface area contributed by atoms with E-state index in [2.05, 4.69) is 5.32 Å². The summed E-state index contributed by atoms with van der Waals surface area (Å²) in [5, 5.41) is 2.94. The second-order valence-electron chi connectivity index (χ2n) is 4.29. The van der Waals surface area contributed by atoms with E-state index in [4.69, 9.17) is 0 Å². The van der Waals surface area contributed by atoms with Crippen molar-refractivity contribution in [2.24, 2.45) is 0 Å². The van der Waals surface area contributed by atoms with Crippen LogP contribution in [0.1, 0.15) is 11.6 Å². The molecule has 1 atom stereocenters. The van der Waals surface area contributed by atoms with Crippen LogP contribution in [0.3, 0.4) is 0 Å². The lowest BCUT2D eigenvalue weighted by atomic mass is 9.96. The van der Waals surface area contributed by atoms with Crippen molar-refractivity contribution >= 4 is 22.9 Å². The molecule has 0 bridgehead atoms. The molecule has 0 aliphatic carbocycles. The zero-order chi connectivity index (χ0) is 12.7. The van der Waals surface area contributed by atoms with Gasteiger partial charge in [0.15, 0.2) is 0 Å². The first kappa shape index (κ1) is 11.3. The van der Waals surface area contributed by atoms with Crippen LogP contribution in [0.15, 0.2) is 41.6 Å². The van der Waals surface area contributed by atoms with Crippen LogP contribution in [-0.2, 0) is 4.79 Å². The molecule has 0 saturated carbocycles. The summed E-state index contributed by atoms with van der Waals surface area (Å²) in [6, 6.07) is 9.12. The summed E-state index contributed by atoms with van der Waals surface area (Å²) >= 11 is 1.26. The van der Waals surface area contributed by atoms with Crippen molar-refractivity contribution in [1.29, 1.82) is 0 Å². The standard InChI is InChI=1S/C13H12N2O2S/c1-15-9-7-18-12(16)10(9)11(14-13(15)17)8-5-3-2-4-6-8/h2-6,11H,7H2,1H3,(H,14,17)/t11-/m1/s1. The normalized spacial score (nSPS) is 23.2. The summed E-state index contributed by atoms with van der Waals surface area (Å²) in [6.07, 6.45) is 0. The highest BCUT2D eigenvalue weighted by atomic mass is 32.2. The molecule has 1 aromatic rings. The van der Waals surface area contributed by atoms with E-state index in [0.717, 1.165) is 11.3 Å². The number of benzene rings is 1. The predicted molar refractivity (Wildman–Crippen MR) is 70.0 cm³/mol. The van der Waals surface area contributed by atoms with E-state index in [1.165, 1.54) is 16.7 Å². The Bertz CT molecular complexity index is 553. The third-order valence-corrected chi connectivity index (χ3v) is 4.17. The van der Waals surface area contributed by atoms with Crippen LogP contribution in [0, 0.1) is 0 Å². The number of rotatable bonds is 1. The number of urea groups is 1. The Labute approximate surface area is 109 Å². The first-order chi connectivity index (χ1) is 8.68. The summed E-state index contributed by atoms with van der Waals surface area (Å²) in [7, 11) is 1.70. The number of nitrogens with one attached hydrogen (secondary N) is 1. The minimum Gasteiger partial charge on any atom is -0.327 e. The average Bonchev–Trinajstić information content (AvgIpc) is 2.77. The lowest BCUT2D eigenvalue weighted by molar-refractivity contribution is -0.108. The first-order valence-electron chi connectivity index (χ1n) is 5.68. The van der Waals surface area contributed by atoms with Crippen molar-refractivity contribution in [2.75, 3.05) is 12.8 Å². The molecule has 0 saturated heterocycles. The number of hydrogen-bond donors (Lipinski definition) is 1. The number of carbonyl (C=O) groups excluding carboxylic acids is 2. The second-order valence-corrected chi connectivity index (χ2v) is 5.24. The fraction of sp³-hybridized carbons (Fsp3) is 0.231. The molecule has 18 heavy (non-hydrogen) atoms. The van der Waals surface area contributed by atoms with Crippen molar-refractivity contribution < 1.29 is 9.59 Å². The number of nitrogens with zero attached hydrogens (tertiary/aromatic N) is 1. The molecule has 1 aromatic carbocycles. The lowest BCUT2D eigenvalue weighted by Gasteiger charge is -2.31. The zero-order valence-corrected chi connectivity index (χ0v) is 10.7. The first-order valence-corrected chi connectivity index (χ1v) is 6.66. The van der Waals surface area contributed by atoms with Gasteiger partial charge in [-0.15, -0.1) is 0 Å². The lowest BCUT2D eigenvalue weighted by Crippen LogP contribution is -2.45. The molecule has 2 aliphatic rings. The fourth-order valence-corrected chi connectivity index (χ4v) is 3.29. The fourth-order valence-electron chi connectivity index (χ4n) is 2.28. The molecule has 0 fully saturated rings. The largest absolute Gasteiger partial charge is 0.327 e. The molecule has 0 aromatic heterocycles. The van der Waals surface area contributed by atoms with Crippen LogP contribution in [0.4, 0.5) is 4.79 Å². The predicted octanol–water partition coefficient (Wildman–Crippen LogP) is 1.91. The topological polar surface area (TPSA) is 49.4 Å².